The number of benzene rings is 1. The second-order valence-electron chi connectivity index (χ2n) is 2.54. The van der Waals surface area contributed by atoms with Gasteiger partial charge in [0.2, 0.25) is 11.9 Å². The highest BCUT2D eigenvalue weighted by atomic mass is 19.1. The van der Waals surface area contributed by atoms with Gasteiger partial charge >= 0.3 is 0 Å². The van der Waals surface area contributed by atoms with Crippen LogP contribution in [0.15, 0.2) is 36.4 Å². The first-order valence-electron chi connectivity index (χ1n) is 3.74. The number of hydrogen-bond donors (Lipinski definition) is 0. The monoisotopic (exact) mass is 180 g/mol. The first-order chi connectivity index (χ1) is 6.27. The van der Waals surface area contributed by atoms with Crippen LogP contribution in [0, 0.1) is 11.9 Å². The summed E-state index contributed by atoms with van der Waals surface area (Å²) in [6.07, 6.45) is 0. The second kappa shape index (κ2) is 2.97. The van der Waals surface area contributed by atoms with E-state index in [0.717, 1.165) is 10.7 Å². The highest BCUT2D eigenvalue weighted by molar-refractivity contribution is 5.30. The van der Waals surface area contributed by atoms with Gasteiger partial charge in [0.15, 0.2) is 0 Å². The molecule has 0 aliphatic carbocycles. The van der Waals surface area contributed by atoms with Gasteiger partial charge in [-0.05, 0) is 12.1 Å². The van der Waals surface area contributed by atoms with Crippen LogP contribution in [0.3, 0.4) is 0 Å². The summed E-state index contributed by atoms with van der Waals surface area (Å²) in [6, 6.07) is 9.29. The molecule has 0 amide bonds. The Bertz CT molecular complexity index is 409. The molecule has 0 aliphatic rings. The molecule has 2 rings (SSSR count). The number of rotatable bonds is 1. The molecule has 0 aliphatic heterocycles. The Morgan fingerprint density at radius 2 is 1.77 bits per heavy atom. The third-order valence-corrected chi connectivity index (χ3v) is 1.64. The molecule has 0 fully saturated rings. The van der Waals surface area contributed by atoms with E-state index in [0.29, 0.717) is 5.69 Å². The highest BCUT2D eigenvalue weighted by Gasteiger charge is 2.07. The normalized spacial score (nSPS) is 10.3. The Balaban J connectivity index is 2.53. The largest absolute Gasteiger partial charge is 0.236 e. The molecule has 0 saturated carbocycles. The predicted octanol–water partition coefficient (Wildman–Crippen LogP) is 2.15. The van der Waals surface area contributed by atoms with Gasteiger partial charge in [-0.2, -0.15) is 8.78 Å². The van der Waals surface area contributed by atoms with Crippen molar-refractivity contribution in [1.29, 1.82) is 0 Å². The molecule has 0 unspecified atom stereocenters. The van der Waals surface area contributed by atoms with Crippen LogP contribution in [-0.4, -0.2) is 9.78 Å². The fourth-order valence-electron chi connectivity index (χ4n) is 1.08. The summed E-state index contributed by atoms with van der Waals surface area (Å²) in [4.78, 5) is 0. The van der Waals surface area contributed by atoms with Crippen molar-refractivity contribution in [3.63, 3.8) is 0 Å². The van der Waals surface area contributed by atoms with Gasteiger partial charge in [0, 0.05) is 0 Å². The molecule has 0 atom stereocenters. The van der Waals surface area contributed by atoms with Crippen LogP contribution in [-0.2, 0) is 0 Å². The van der Waals surface area contributed by atoms with Crippen molar-refractivity contribution >= 4 is 0 Å². The third-order valence-electron chi connectivity index (χ3n) is 1.64. The first kappa shape index (κ1) is 7.91. The van der Waals surface area contributed by atoms with Crippen molar-refractivity contribution in [2.24, 2.45) is 0 Å². The van der Waals surface area contributed by atoms with E-state index in [2.05, 4.69) is 5.10 Å². The third kappa shape index (κ3) is 1.42. The van der Waals surface area contributed by atoms with E-state index in [1.807, 2.05) is 0 Å². The second-order valence-corrected chi connectivity index (χ2v) is 2.54. The zero-order valence-electron chi connectivity index (χ0n) is 6.61. The summed E-state index contributed by atoms with van der Waals surface area (Å²) < 4.78 is 26.4. The molecular formula is C9H6F2N2. The Labute approximate surface area is 73.4 Å². The van der Waals surface area contributed by atoms with Gasteiger partial charge in [-0.15, -0.1) is 5.10 Å². The maximum atomic E-state index is 13.0. The molecule has 1 aromatic carbocycles. The van der Waals surface area contributed by atoms with Gasteiger partial charge in [-0.3, -0.25) is 0 Å². The van der Waals surface area contributed by atoms with Crippen molar-refractivity contribution in [1.82, 2.24) is 9.78 Å². The van der Waals surface area contributed by atoms with Gasteiger partial charge in [-0.1, -0.05) is 18.2 Å². The van der Waals surface area contributed by atoms with Gasteiger partial charge in [0.1, 0.15) is 0 Å². The first-order valence-corrected chi connectivity index (χ1v) is 3.74. The topological polar surface area (TPSA) is 17.8 Å². The summed E-state index contributed by atoms with van der Waals surface area (Å²) in [5, 5.41) is 3.36. The Morgan fingerprint density at radius 1 is 1.08 bits per heavy atom. The van der Waals surface area contributed by atoms with Crippen LogP contribution in [0.5, 0.6) is 0 Å². The highest BCUT2D eigenvalue weighted by Crippen LogP contribution is 2.09. The average Bonchev–Trinajstić information content (AvgIpc) is 2.47. The molecule has 66 valence electrons. The molecule has 0 N–H and O–H groups in total. The molecule has 2 aromatic rings. The predicted molar refractivity (Wildman–Crippen MR) is 43.5 cm³/mol. The Morgan fingerprint density at radius 3 is 2.31 bits per heavy atom. The van der Waals surface area contributed by atoms with E-state index in [9.17, 15) is 8.78 Å². The molecule has 4 heteroatoms. The maximum absolute atomic E-state index is 13.0. The van der Waals surface area contributed by atoms with Crippen LogP contribution < -0.4 is 0 Å². The zero-order chi connectivity index (χ0) is 9.26. The minimum Gasteiger partial charge on any atom is -0.204 e. The molecule has 0 radical (unpaired) electrons. The minimum atomic E-state index is -0.818. The van der Waals surface area contributed by atoms with Crippen LogP contribution in [0.1, 0.15) is 0 Å². The van der Waals surface area contributed by atoms with Gasteiger partial charge in [0.05, 0.1) is 11.8 Å². The van der Waals surface area contributed by atoms with E-state index < -0.39 is 11.9 Å². The van der Waals surface area contributed by atoms with Gasteiger partial charge in [0.25, 0.3) is 0 Å². The summed E-state index contributed by atoms with van der Waals surface area (Å²) in [5.41, 5.74) is 0.504. The molecule has 1 heterocycles. The maximum Gasteiger partial charge on any atom is 0.236 e. The molecule has 1 aromatic heterocycles. The molecule has 0 bridgehead atoms. The summed E-state index contributed by atoms with van der Waals surface area (Å²) >= 11 is 0. The van der Waals surface area contributed by atoms with Crippen molar-refractivity contribution < 1.29 is 8.78 Å². The smallest absolute Gasteiger partial charge is 0.204 e. The van der Waals surface area contributed by atoms with Crippen LogP contribution in [0.2, 0.25) is 0 Å². The SMILES string of the molecule is Fc1cc(F)n(-c2ccccc2)n1. The summed E-state index contributed by atoms with van der Waals surface area (Å²) in [6.45, 7) is 0. The number of nitrogens with zero attached hydrogens (tertiary/aromatic N) is 2. The molecule has 13 heavy (non-hydrogen) atoms. The van der Waals surface area contributed by atoms with E-state index in [-0.39, 0.29) is 0 Å². The van der Waals surface area contributed by atoms with Crippen molar-refractivity contribution in [2.75, 3.05) is 0 Å². The quantitative estimate of drug-likeness (QED) is 0.657. The number of aromatic nitrogens is 2. The van der Waals surface area contributed by atoms with E-state index in [1.165, 1.54) is 0 Å². The number of halogens is 2. The lowest BCUT2D eigenvalue weighted by Gasteiger charge is -1.99. The fraction of sp³-hybridized carbons (Fsp3) is 0. The van der Waals surface area contributed by atoms with Gasteiger partial charge < -0.3 is 0 Å². The van der Waals surface area contributed by atoms with Crippen molar-refractivity contribution in [3.8, 4) is 5.69 Å². The zero-order valence-corrected chi connectivity index (χ0v) is 6.61. The standard InChI is InChI=1S/C9H6F2N2/c10-8-6-9(11)13(12-8)7-4-2-1-3-5-7/h1-6H. The molecule has 0 saturated heterocycles. The lowest BCUT2D eigenvalue weighted by Crippen LogP contribution is -1.98. The molecule has 0 spiro atoms. The summed E-state index contributed by atoms with van der Waals surface area (Å²) in [7, 11) is 0. The Hall–Kier alpha value is -1.71. The van der Waals surface area contributed by atoms with Crippen LogP contribution >= 0.6 is 0 Å². The van der Waals surface area contributed by atoms with Crippen LogP contribution in [0.4, 0.5) is 8.78 Å². The minimum absolute atomic E-state index is 0.504. The van der Waals surface area contributed by atoms with E-state index >= 15 is 0 Å². The van der Waals surface area contributed by atoms with E-state index in [4.69, 9.17) is 0 Å². The summed E-state index contributed by atoms with van der Waals surface area (Å²) in [5.74, 6) is -1.52. The molecule has 2 nitrogen and oxygen atoms in total. The van der Waals surface area contributed by atoms with E-state index in [1.54, 1.807) is 30.3 Å². The molecular weight excluding hydrogens is 174 g/mol. The van der Waals surface area contributed by atoms with Crippen molar-refractivity contribution in [2.45, 2.75) is 0 Å². The van der Waals surface area contributed by atoms with Crippen molar-refractivity contribution in [3.05, 3.63) is 48.3 Å². The van der Waals surface area contributed by atoms with Crippen LogP contribution in [0.25, 0.3) is 5.69 Å². The fourth-order valence-corrected chi connectivity index (χ4v) is 1.08. The number of para-hydroxylation sites is 1. The Kier molecular flexibility index (Phi) is 1.81. The average molecular weight is 180 g/mol. The lowest BCUT2D eigenvalue weighted by atomic mass is 10.3. The number of hydrogen-bond acceptors (Lipinski definition) is 1. The van der Waals surface area contributed by atoms with Gasteiger partial charge in [-0.25, -0.2) is 4.68 Å². The lowest BCUT2D eigenvalue weighted by molar-refractivity contribution is 0.526.